The Labute approximate surface area is 122 Å². The Balaban J connectivity index is 1.81. The Morgan fingerprint density at radius 1 is 1.29 bits per heavy atom. The smallest absolute Gasteiger partial charge is 0.277 e. The zero-order valence-corrected chi connectivity index (χ0v) is 11.5. The third-order valence-electron chi connectivity index (χ3n) is 2.70. The van der Waals surface area contributed by atoms with Crippen molar-refractivity contribution < 1.29 is 13.9 Å². The van der Waals surface area contributed by atoms with Gasteiger partial charge in [0.2, 0.25) is 0 Å². The summed E-state index contributed by atoms with van der Waals surface area (Å²) in [4.78, 5) is 11.6. The second-order valence-corrected chi connectivity index (χ2v) is 4.40. The summed E-state index contributed by atoms with van der Waals surface area (Å²) in [5, 5.41) is 3.75. The van der Waals surface area contributed by atoms with Gasteiger partial charge in [0.1, 0.15) is 11.6 Å². The van der Waals surface area contributed by atoms with Gasteiger partial charge in [-0.15, -0.1) is 0 Å². The molecule has 0 aromatic heterocycles. The average Bonchev–Trinajstić information content (AvgIpc) is 2.46. The Bertz CT molecular complexity index is 656. The second-order valence-electron chi connectivity index (χ2n) is 4.40. The van der Waals surface area contributed by atoms with Gasteiger partial charge in [0.15, 0.2) is 6.61 Å². The van der Waals surface area contributed by atoms with E-state index in [0.717, 1.165) is 5.56 Å². The van der Waals surface area contributed by atoms with E-state index in [2.05, 4.69) is 10.5 Å². The highest BCUT2D eigenvalue weighted by molar-refractivity contribution is 5.82. The van der Waals surface area contributed by atoms with E-state index in [0.29, 0.717) is 11.3 Å². The van der Waals surface area contributed by atoms with Gasteiger partial charge in [-0.3, -0.25) is 4.79 Å². The fourth-order valence-electron chi connectivity index (χ4n) is 1.66. The van der Waals surface area contributed by atoms with Gasteiger partial charge in [-0.25, -0.2) is 9.82 Å². The van der Waals surface area contributed by atoms with Gasteiger partial charge in [0, 0.05) is 0 Å². The molecule has 0 saturated carbocycles. The number of benzene rings is 2. The molecule has 0 spiro atoms. The van der Waals surface area contributed by atoms with Crippen LogP contribution < -0.4 is 10.2 Å². The molecular weight excluding hydrogens is 271 g/mol. The van der Waals surface area contributed by atoms with E-state index in [1.807, 2.05) is 25.1 Å². The van der Waals surface area contributed by atoms with Crippen LogP contribution in [0.5, 0.6) is 5.75 Å². The number of hydrazone groups is 1. The third-order valence-corrected chi connectivity index (χ3v) is 2.70. The molecule has 0 aliphatic carbocycles. The van der Waals surface area contributed by atoms with E-state index in [1.165, 1.54) is 18.3 Å². The summed E-state index contributed by atoms with van der Waals surface area (Å²) >= 11 is 0. The Morgan fingerprint density at radius 2 is 2.10 bits per heavy atom. The van der Waals surface area contributed by atoms with E-state index in [4.69, 9.17) is 4.74 Å². The molecule has 0 aliphatic rings. The van der Waals surface area contributed by atoms with E-state index >= 15 is 0 Å². The largest absolute Gasteiger partial charge is 0.483 e. The highest BCUT2D eigenvalue weighted by atomic mass is 19.1. The topological polar surface area (TPSA) is 50.7 Å². The second kappa shape index (κ2) is 7.19. The summed E-state index contributed by atoms with van der Waals surface area (Å²) in [6.07, 6.45) is 1.37. The van der Waals surface area contributed by atoms with Crippen molar-refractivity contribution in [2.45, 2.75) is 6.92 Å². The number of aryl methyl sites for hydroxylation is 1. The molecule has 0 radical (unpaired) electrons. The quantitative estimate of drug-likeness (QED) is 0.678. The molecule has 4 nitrogen and oxygen atoms in total. The minimum Gasteiger partial charge on any atom is -0.483 e. The van der Waals surface area contributed by atoms with E-state index < -0.39 is 0 Å². The lowest BCUT2D eigenvalue weighted by Gasteiger charge is -2.07. The number of carbonyl (C=O) groups is 1. The van der Waals surface area contributed by atoms with Crippen LogP contribution in [0.3, 0.4) is 0 Å². The first kappa shape index (κ1) is 14.7. The highest BCUT2D eigenvalue weighted by Crippen LogP contribution is 2.15. The number of nitrogens with zero attached hydrogens (tertiary/aromatic N) is 1. The number of nitrogens with one attached hydrogen (secondary N) is 1. The highest BCUT2D eigenvalue weighted by Gasteiger charge is 2.03. The predicted octanol–water partition coefficient (Wildman–Crippen LogP) is 2.66. The summed E-state index contributed by atoms with van der Waals surface area (Å²) in [7, 11) is 0. The van der Waals surface area contributed by atoms with Crippen LogP contribution in [0.15, 0.2) is 53.6 Å². The van der Waals surface area contributed by atoms with Crippen molar-refractivity contribution in [1.29, 1.82) is 0 Å². The summed E-state index contributed by atoms with van der Waals surface area (Å²) in [6, 6.07) is 13.3. The van der Waals surface area contributed by atoms with Gasteiger partial charge < -0.3 is 4.74 Å². The van der Waals surface area contributed by atoms with Crippen molar-refractivity contribution in [3.8, 4) is 5.75 Å². The molecule has 2 aromatic rings. The number of rotatable bonds is 5. The Kier molecular flexibility index (Phi) is 5.04. The van der Waals surface area contributed by atoms with Crippen LogP contribution in [-0.2, 0) is 4.79 Å². The molecule has 0 fully saturated rings. The normalized spacial score (nSPS) is 10.6. The maximum absolute atomic E-state index is 12.9. The van der Waals surface area contributed by atoms with E-state index in [1.54, 1.807) is 18.2 Å². The molecule has 5 heteroatoms. The maximum Gasteiger partial charge on any atom is 0.277 e. The monoisotopic (exact) mass is 286 g/mol. The first-order valence-electron chi connectivity index (χ1n) is 6.41. The average molecular weight is 286 g/mol. The molecule has 0 saturated heterocycles. The Hall–Kier alpha value is -2.69. The fraction of sp³-hybridized carbons (Fsp3) is 0.125. The van der Waals surface area contributed by atoms with Crippen LogP contribution in [0, 0.1) is 12.7 Å². The van der Waals surface area contributed by atoms with Crippen molar-refractivity contribution in [3.63, 3.8) is 0 Å². The van der Waals surface area contributed by atoms with Crippen LogP contribution in [0.1, 0.15) is 11.1 Å². The molecule has 1 N–H and O–H groups in total. The summed E-state index contributed by atoms with van der Waals surface area (Å²) in [5.74, 6) is -0.0826. The van der Waals surface area contributed by atoms with Crippen LogP contribution in [0.2, 0.25) is 0 Å². The lowest BCUT2D eigenvalue weighted by atomic mass is 10.2. The van der Waals surface area contributed by atoms with Gasteiger partial charge in [0.05, 0.1) is 6.21 Å². The molecule has 0 atom stereocenters. The standard InChI is InChI=1S/C16H15FN2O2/c1-12-5-2-3-8-15(12)21-11-16(20)19-18-10-13-6-4-7-14(17)9-13/h2-10H,11H2,1H3,(H,19,20). The molecule has 2 aromatic carbocycles. The van der Waals surface area contributed by atoms with Crippen molar-refractivity contribution in [3.05, 3.63) is 65.5 Å². The fourth-order valence-corrected chi connectivity index (χ4v) is 1.66. The zero-order valence-electron chi connectivity index (χ0n) is 11.5. The number of halogens is 1. The summed E-state index contributed by atoms with van der Waals surface area (Å²) in [6.45, 7) is 1.76. The molecule has 0 heterocycles. The van der Waals surface area contributed by atoms with Gasteiger partial charge in [-0.1, -0.05) is 30.3 Å². The van der Waals surface area contributed by atoms with Crippen LogP contribution >= 0.6 is 0 Å². The van der Waals surface area contributed by atoms with Gasteiger partial charge in [-0.05, 0) is 36.2 Å². The molecule has 0 aliphatic heterocycles. The van der Waals surface area contributed by atoms with Crippen LogP contribution in [0.25, 0.3) is 0 Å². The minimum atomic E-state index is -0.383. The number of amides is 1. The van der Waals surface area contributed by atoms with Crippen LogP contribution in [0.4, 0.5) is 4.39 Å². The third kappa shape index (κ3) is 4.72. The van der Waals surface area contributed by atoms with Crippen molar-refractivity contribution in [1.82, 2.24) is 5.43 Å². The van der Waals surface area contributed by atoms with Crippen molar-refractivity contribution in [2.75, 3.05) is 6.61 Å². The number of hydrogen-bond acceptors (Lipinski definition) is 3. The van der Waals surface area contributed by atoms with Gasteiger partial charge in [-0.2, -0.15) is 5.10 Å². The van der Waals surface area contributed by atoms with Crippen molar-refractivity contribution >= 4 is 12.1 Å². The number of hydrogen-bond donors (Lipinski definition) is 1. The Morgan fingerprint density at radius 3 is 2.86 bits per heavy atom. The first-order valence-corrected chi connectivity index (χ1v) is 6.41. The first-order chi connectivity index (χ1) is 10.1. The molecule has 1 amide bonds. The van der Waals surface area contributed by atoms with Crippen LogP contribution in [-0.4, -0.2) is 18.7 Å². The lowest BCUT2D eigenvalue weighted by molar-refractivity contribution is -0.123. The van der Waals surface area contributed by atoms with Gasteiger partial charge in [0.25, 0.3) is 5.91 Å². The number of carbonyl (C=O) groups excluding carboxylic acids is 1. The van der Waals surface area contributed by atoms with Gasteiger partial charge >= 0.3 is 0 Å². The van der Waals surface area contributed by atoms with Crippen molar-refractivity contribution in [2.24, 2.45) is 5.10 Å². The van der Waals surface area contributed by atoms with E-state index in [-0.39, 0.29) is 18.3 Å². The number of para-hydroxylation sites is 1. The molecule has 2 rings (SSSR count). The molecule has 0 unspecified atom stereocenters. The minimum absolute atomic E-state index is 0.134. The zero-order chi connectivity index (χ0) is 15.1. The molecule has 108 valence electrons. The maximum atomic E-state index is 12.9. The summed E-state index contributed by atoms with van der Waals surface area (Å²) < 4.78 is 18.3. The number of ether oxygens (including phenoxy) is 1. The predicted molar refractivity (Wildman–Crippen MR) is 78.8 cm³/mol. The SMILES string of the molecule is Cc1ccccc1OCC(=O)NN=Cc1cccc(F)c1. The van der Waals surface area contributed by atoms with E-state index in [9.17, 15) is 9.18 Å². The molecule has 21 heavy (non-hydrogen) atoms. The lowest BCUT2D eigenvalue weighted by Crippen LogP contribution is -2.24. The molecular formula is C16H15FN2O2. The molecule has 0 bridgehead atoms. The summed E-state index contributed by atoms with van der Waals surface area (Å²) in [5.41, 5.74) is 3.84.